The summed E-state index contributed by atoms with van der Waals surface area (Å²) in [6, 6.07) is 22.8. The minimum Gasteiger partial charge on any atom is -0.493 e. The first-order valence-corrected chi connectivity index (χ1v) is 12.1. The molecule has 0 bridgehead atoms. The molecular formula is C29H33ClO5. The number of carbonyl (C=O) groups excluding carboxylic acids is 1. The SMILES string of the molecule is CC(=O)C(CCOc1ccc(CCC(=O)O)cc1)Oc1ccccc1C.CCc1cccc(Cl)c1. The Morgan fingerprint density at radius 3 is 2.26 bits per heavy atom. The Morgan fingerprint density at radius 2 is 1.69 bits per heavy atom. The fourth-order valence-electron chi connectivity index (χ4n) is 3.23. The zero-order valence-electron chi connectivity index (χ0n) is 20.5. The van der Waals surface area contributed by atoms with Crippen LogP contribution in [0.3, 0.4) is 0 Å². The number of rotatable bonds is 11. The molecule has 0 radical (unpaired) electrons. The van der Waals surface area contributed by atoms with E-state index in [4.69, 9.17) is 26.2 Å². The standard InChI is InChI=1S/C21H24O5.C8H9Cl/c1-15-5-3-4-6-19(15)26-20(16(2)22)13-14-25-18-10-7-17(8-11-18)9-12-21(23)24;1-2-7-4-3-5-8(9)6-7/h3-8,10-11,20H,9,12-14H2,1-2H3,(H,23,24);3-6H,2H2,1H3. The molecule has 1 atom stereocenters. The van der Waals surface area contributed by atoms with Crippen molar-refractivity contribution in [2.24, 2.45) is 0 Å². The van der Waals surface area contributed by atoms with Gasteiger partial charge in [-0.2, -0.15) is 0 Å². The molecule has 1 N–H and O–H groups in total. The van der Waals surface area contributed by atoms with E-state index in [2.05, 4.69) is 13.0 Å². The van der Waals surface area contributed by atoms with Crippen LogP contribution in [0.5, 0.6) is 11.5 Å². The van der Waals surface area contributed by atoms with Crippen LogP contribution in [0.15, 0.2) is 72.8 Å². The zero-order chi connectivity index (χ0) is 25.6. The number of aliphatic carboxylic acids is 1. The van der Waals surface area contributed by atoms with E-state index in [9.17, 15) is 9.59 Å². The van der Waals surface area contributed by atoms with Crippen LogP contribution in [-0.4, -0.2) is 29.6 Å². The van der Waals surface area contributed by atoms with Gasteiger partial charge in [0.25, 0.3) is 0 Å². The molecule has 0 aliphatic rings. The van der Waals surface area contributed by atoms with Gasteiger partial charge in [-0.3, -0.25) is 9.59 Å². The number of aryl methyl sites for hydroxylation is 3. The molecule has 0 heterocycles. The van der Waals surface area contributed by atoms with Gasteiger partial charge in [-0.25, -0.2) is 0 Å². The van der Waals surface area contributed by atoms with E-state index in [1.807, 2.05) is 73.7 Å². The lowest BCUT2D eigenvalue weighted by Crippen LogP contribution is -2.27. The average molecular weight is 497 g/mol. The van der Waals surface area contributed by atoms with Gasteiger partial charge in [0.05, 0.1) is 6.61 Å². The molecule has 0 amide bonds. The molecule has 35 heavy (non-hydrogen) atoms. The van der Waals surface area contributed by atoms with Gasteiger partial charge in [-0.15, -0.1) is 0 Å². The smallest absolute Gasteiger partial charge is 0.303 e. The molecule has 6 heteroatoms. The van der Waals surface area contributed by atoms with E-state index in [1.165, 1.54) is 12.5 Å². The molecule has 3 rings (SSSR count). The number of carboxylic acid groups (broad SMARTS) is 1. The molecule has 0 aromatic heterocycles. The van der Waals surface area contributed by atoms with Gasteiger partial charge in [-0.1, -0.05) is 61.0 Å². The van der Waals surface area contributed by atoms with E-state index >= 15 is 0 Å². The van der Waals surface area contributed by atoms with Crippen LogP contribution in [0.1, 0.15) is 43.4 Å². The summed E-state index contributed by atoms with van der Waals surface area (Å²) in [4.78, 5) is 22.4. The summed E-state index contributed by atoms with van der Waals surface area (Å²) in [6.07, 6.45) is 1.56. The van der Waals surface area contributed by atoms with Crippen molar-refractivity contribution in [3.05, 3.63) is 94.5 Å². The number of hydrogen-bond acceptors (Lipinski definition) is 4. The lowest BCUT2D eigenvalue weighted by Gasteiger charge is -2.18. The second kappa shape index (κ2) is 14.8. The van der Waals surface area contributed by atoms with Gasteiger partial charge in [0.15, 0.2) is 11.9 Å². The molecule has 1 unspecified atom stereocenters. The summed E-state index contributed by atoms with van der Waals surface area (Å²) >= 11 is 5.72. The fourth-order valence-corrected chi connectivity index (χ4v) is 3.44. The summed E-state index contributed by atoms with van der Waals surface area (Å²) in [6.45, 7) is 5.92. The quantitative estimate of drug-likeness (QED) is 0.319. The predicted octanol–water partition coefficient (Wildman–Crippen LogP) is 6.72. The van der Waals surface area contributed by atoms with Crippen molar-refractivity contribution in [2.45, 2.75) is 52.6 Å². The van der Waals surface area contributed by atoms with Crippen molar-refractivity contribution in [3.8, 4) is 11.5 Å². The number of carbonyl (C=O) groups is 2. The van der Waals surface area contributed by atoms with Gasteiger partial charge < -0.3 is 14.6 Å². The monoisotopic (exact) mass is 496 g/mol. The number of ketones is 1. The molecule has 0 saturated carbocycles. The second-order valence-corrected chi connectivity index (χ2v) is 8.58. The lowest BCUT2D eigenvalue weighted by atomic mass is 10.1. The average Bonchev–Trinajstić information content (AvgIpc) is 2.84. The number of Topliss-reactive ketones (excluding diaryl/α,β-unsaturated/α-hetero) is 1. The number of benzene rings is 3. The molecule has 186 valence electrons. The minimum atomic E-state index is -0.811. The van der Waals surface area contributed by atoms with Crippen LogP contribution < -0.4 is 9.47 Å². The highest BCUT2D eigenvalue weighted by atomic mass is 35.5. The summed E-state index contributed by atoms with van der Waals surface area (Å²) < 4.78 is 11.5. The summed E-state index contributed by atoms with van der Waals surface area (Å²) in [5, 5.41) is 9.53. The van der Waals surface area contributed by atoms with Crippen LogP contribution in [0.2, 0.25) is 5.02 Å². The van der Waals surface area contributed by atoms with E-state index in [0.717, 1.165) is 22.6 Å². The van der Waals surface area contributed by atoms with Gasteiger partial charge in [0, 0.05) is 17.9 Å². The molecule has 3 aromatic carbocycles. The van der Waals surface area contributed by atoms with Gasteiger partial charge in [-0.05, 0) is 73.7 Å². The van der Waals surface area contributed by atoms with Crippen LogP contribution in [0.4, 0.5) is 0 Å². The molecule has 5 nitrogen and oxygen atoms in total. The van der Waals surface area contributed by atoms with E-state index in [1.54, 1.807) is 0 Å². The molecule has 0 aliphatic heterocycles. The van der Waals surface area contributed by atoms with Crippen molar-refractivity contribution in [1.82, 2.24) is 0 Å². The Bertz CT molecular complexity index is 1080. The largest absolute Gasteiger partial charge is 0.493 e. The highest BCUT2D eigenvalue weighted by Gasteiger charge is 2.17. The summed E-state index contributed by atoms with van der Waals surface area (Å²) in [5.74, 6) is 0.535. The Hall–Kier alpha value is -3.31. The highest BCUT2D eigenvalue weighted by Crippen LogP contribution is 2.20. The van der Waals surface area contributed by atoms with E-state index < -0.39 is 12.1 Å². The summed E-state index contributed by atoms with van der Waals surface area (Å²) in [5.41, 5.74) is 3.23. The fraction of sp³-hybridized carbons (Fsp3) is 0.310. The first-order valence-electron chi connectivity index (χ1n) is 11.7. The normalized spacial score (nSPS) is 11.1. The van der Waals surface area contributed by atoms with Gasteiger partial charge >= 0.3 is 5.97 Å². The van der Waals surface area contributed by atoms with Crippen LogP contribution in [0.25, 0.3) is 0 Å². The Morgan fingerprint density at radius 1 is 0.971 bits per heavy atom. The maximum absolute atomic E-state index is 11.8. The molecule has 0 fully saturated rings. The topological polar surface area (TPSA) is 72.8 Å². The Balaban J connectivity index is 0.000000402. The lowest BCUT2D eigenvalue weighted by molar-refractivity contribution is -0.137. The number of ether oxygens (including phenoxy) is 2. The van der Waals surface area contributed by atoms with Crippen molar-refractivity contribution in [1.29, 1.82) is 0 Å². The van der Waals surface area contributed by atoms with Gasteiger partial charge in [0.2, 0.25) is 0 Å². The number of carboxylic acids is 1. The third-order valence-corrected chi connectivity index (χ3v) is 5.55. The van der Waals surface area contributed by atoms with Crippen molar-refractivity contribution in [3.63, 3.8) is 0 Å². The van der Waals surface area contributed by atoms with E-state index in [0.29, 0.717) is 30.9 Å². The zero-order valence-corrected chi connectivity index (χ0v) is 21.3. The third kappa shape index (κ3) is 10.7. The van der Waals surface area contributed by atoms with Crippen LogP contribution >= 0.6 is 11.6 Å². The minimum absolute atomic E-state index is 0.0409. The molecule has 0 spiro atoms. The van der Waals surface area contributed by atoms with Crippen molar-refractivity contribution < 1.29 is 24.2 Å². The number of hydrogen-bond donors (Lipinski definition) is 1. The van der Waals surface area contributed by atoms with Gasteiger partial charge in [0.1, 0.15) is 11.5 Å². The van der Waals surface area contributed by atoms with Crippen LogP contribution in [-0.2, 0) is 22.4 Å². The molecule has 0 aliphatic carbocycles. The maximum atomic E-state index is 11.8. The Labute approximate surface area is 212 Å². The number of halogens is 1. The molecule has 0 saturated heterocycles. The first-order chi connectivity index (χ1) is 16.8. The maximum Gasteiger partial charge on any atom is 0.303 e. The van der Waals surface area contributed by atoms with E-state index in [-0.39, 0.29) is 12.2 Å². The highest BCUT2D eigenvalue weighted by molar-refractivity contribution is 6.30. The summed E-state index contributed by atoms with van der Waals surface area (Å²) in [7, 11) is 0. The molecular weight excluding hydrogens is 464 g/mol. The second-order valence-electron chi connectivity index (χ2n) is 8.14. The molecule has 3 aromatic rings. The Kier molecular flexibility index (Phi) is 11.8. The third-order valence-electron chi connectivity index (χ3n) is 5.31. The van der Waals surface area contributed by atoms with Crippen LogP contribution in [0, 0.1) is 6.92 Å². The van der Waals surface area contributed by atoms with Crippen molar-refractivity contribution >= 4 is 23.4 Å². The predicted molar refractivity (Wildman–Crippen MR) is 140 cm³/mol. The number of para-hydroxylation sites is 1. The van der Waals surface area contributed by atoms with Crippen molar-refractivity contribution in [2.75, 3.05) is 6.61 Å². The first kappa shape index (κ1) is 27.9.